The van der Waals surface area contributed by atoms with E-state index in [1.54, 1.807) is 0 Å². The maximum absolute atomic E-state index is 10.6. The fourth-order valence-corrected chi connectivity index (χ4v) is 1.95. The number of fused-ring (bicyclic) bond motifs is 1. The lowest BCUT2D eigenvalue weighted by Crippen LogP contribution is -2.48. The predicted molar refractivity (Wildman–Crippen MR) is 69.2 cm³/mol. The van der Waals surface area contributed by atoms with Crippen LogP contribution in [0.15, 0.2) is 24.3 Å². The third kappa shape index (κ3) is 3.23. The second-order valence-electron chi connectivity index (χ2n) is 4.53. The molecule has 0 aliphatic carbocycles. The maximum Gasteiger partial charge on any atom is 0.326 e. The molecule has 0 radical (unpaired) electrons. The van der Waals surface area contributed by atoms with E-state index in [2.05, 4.69) is 10.6 Å². The van der Waals surface area contributed by atoms with Crippen molar-refractivity contribution >= 4 is 17.6 Å². The van der Waals surface area contributed by atoms with Gasteiger partial charge in [0.25, 0.3) is 0 Å². The summed E-state index contributed by atoms with van der Waals surface area (Å²) >= 11 is 0. The van der Waals surface area contributed by atoms with Gasteiger partial charge in [0.15, 0.2) is 0 Å². The Morgan fingerprint density at radius 3 is 2.16 bits per heavy atom. The zero-order valence-corrected chi connectivity index (χ0v) is 10.3. The molecule has 0 aromatic heterocycles. The average Bonchev–Trinajstić information content (AvgIpc) is 2.70. The van der Waals surface area contributed by atoms with Crippen molar-refractivity contribution in [3.63, 3.8) is 0 Å². The molecule has 2 aliphatic heterocycles. The summed E-state index contributed by atoms with van der Waals surface area (Å²) in [6.07, 6.45) is 1.38. The molecule has 0 bridgehead atoms. The van der Waals surface area contributed by atoms with E-state index in [-0.39, 0.29) is 6.04 Å². The van der Waals surface area contributed by atoms with Crippen molar-refractivity contribution in [3.05, 3.63) is 29.8 Å². The molecular formula is C13H16N2O4. The summed E-state index contributed by atoms with van der Waals surface area (Å²) in [4.78, 5) is 20.5. The highest BCUT2D eigenvalue weighted by Crippen LogP contribution is 2.24. The van der Waals surface area contributed by atoms with E-state index in [0.29, 0.717) is 6.42 Å². The van der Waals surface area contributed by atoms with Gasteiger partial charge in [-0.15, -0.1) is 0 Å². The number of hydrogen-bond donors (Lipinski definition) is 4. The van der Waals surface area contributed by atoms with Gasteiger partial charge in [-0.3, -0.25) is 4.79 Å². The van der Waals surface area contributed by atoms with E-state index in [1.807, 2.05) is 24.3 Å². The Morgan fingerprint density at radius 1 is 1.11 bits per heavy atom. The molecule has 6 nitrogen and oxygen atoms in total. The minimum atomic E-state index is -0.786. The first-order valence-corrected chi connectivity index (χ1v) is 6.11. The fourth-order valence-electron chi connectivity index (χ4n) is 1.95. The van der Waals surface area contributed by atoms with Crippen molar-refractivity contribution < 1.29 is 19.8 Å². The molecule has 1 aromatic rings. The van der Waals surface area contributed by atoms with Crippen molar-refractivity contribution in [2.45, 2.75) is 24.9 Å². The van der Waals surface area contributed by atoms with Gasteiger partial charge in [-0.1, -0.05) is 18.2 Å². The molecule has 3 rings (SSSR count). The van der Waals surface area contributed by atoms with Crippen LogP contribution in [0.3, 0.4) is 0 Å². The number of rotatable bonds is 2. The molecule has 19 heavy (non-hydrogen) atoms. The summed E-state index contributed by atoms with van der Waals surface area (Å²) in [6.45, 7) is 0.858. The first-order chi connectivity index (χ1) is 9.08. The van der Waals surface area contributed by atoms with Crippen LogP contribution in [-0.2, 0) is 16.0 Å². The highest BCUT2D eigenvalue weighted by Gasteiger charge is 2.25. The number of carboxylic acid groups (broad SMARTS) is 2. The number of carbonyl (C=O) groups is 2. The van der Waals surface area contributed by atoms with E-state index in [4.69, 9.17) is 10.2 Å². The lowest BCUT2D eigenvalue weighted by atomic mass is 10.1. The average molecular weight is 264 g/mol. The Hall–Kier alpha value is -2.08. The van der Waals surface area contributed by atoms with E-state index in [0.717, 1.165) is 24.2 Å². The molecule has 0 amide bonds. The van der Waals surface area contributed by atoms with Crippen molar-refractivity contribution in [1.29, 1.82) is 0 Å². The van der Waals surface area contributed by atoms with Gasteiger partial charge in [0.2, 0.25) is 0 Å². The Kier molecular flexibility index (Phi) is 4.01. The van der Waals surface area contributed by atoms with E-state index >= 15 is 0 Å². The minimum absolute atomic E-state index is 0.250. The van der Waals surface area contributed by atoms with E-state index < -0.39 is 18.0 Å². The largest absolute Gasteiger partial charge is 0.480 e. The first-order valence-electron chi connectivity index (χ1n) is 6.11. The second-order valence-corrected chi connectivity index (χ2v) is 4.53. The third-order valence-corrected chi connectivity index (χ3v) is 3.19. The molecule has 6 heteroatoms. The number of aliphatic carboxylic acids is 2. The number of benzene rings is 1. The summed E-state index contributed by atoms with van der Waals surface area (Å²) in [5.74, 6) is -1.52. The molecule has 2 atom stereocenters. The van der Waals surface area contributed by atoms with E-state index in [9.17, 15) is 9.59 Å². The van der Waals surface area contributed by atoms with Crippen molar-refractivity contribution in [1.82, 2.24) is 5.32 Å². The summed E-state index contributed by atoms with van der Waals surface area (Å²) < 4.78 is 0. The smallest absolute Gasteiger partial charge is 0.326 e. The molecular weight excluding hydrogens is 248 g/mol. The quantitative estimate of drug-likeness (QED) is 0.622. The van der Waals surface area contributed by atoms with Crippen LogP contribution in [0.2, 0.25) is 0 Å². The van der Waals surface area contributed by atoms with E-state index in [1.165, 1.54) is 0 Å². The van der Waals surface area contributed by atoms with Crippen LogP contribution in [0, 0.1) is 0 Å². The molecule has 2 aliphatic rings. The highest BCUT2D eigenvalue weighted by atomic mass is 16.4. The Bertz CT molecular complexity index is 460. The molecule has 1 aromatic carbocycles. The molecule has 2 unspecified atom stereocenters. The Morgan fingerprint density at radius 2 is 1.74 bits per heavy atom. The van der Waals surface area contributed by atoms with Crippen LogP contribution >= 0.6 is 0 Å². The third-order valence-electron chi connectivity index (χ3n) is 3.19. The number of hydrogen-bond acceptors (Lipinski definition) is 4. The van der Waals surface area contributed by atoms with Crippen LogP contribution in [-0.4, -0.2) is 40.8 Å². The van der Waals surface area contributed by atoms with Crippen LogP contribution in [0.1, 0.15) is 12.0 Å². The molecule has 4 N–H and O–H groups in total. The SMILES string of the molecule is O=C(O)C1CCN1.O=C(O)C1Cc2ccccc2N1. The number of carboxylic acids is 2. The fraction of sp³-hybridized carbons (Fsp3) is 0.385. The Labute approximate surface area is 110 Å². The second kappa shape index (κ2) is 5.71. The number of anilines is 1. The predicted octanol–water partition coefficient (Wildman–Crippen LogP) is 0.541. The standard InChI is InChI=1S/C9H9NO2.C4H7NO2/c11-9(12)8-5-6-3-1-2-4-7(6)10-8;6-4(7)3-1-2-5-3/h1-4,8,10H,5H2,(H,11,12);3,5H,1-2H2,(H,6,7). The number of para-hydroxylation sites is 1. The van der Waals surface area contributed by atoms with Crippen LogP contribution < -0.4 is 10.6 Å². The van der Waals surface area contributed by atoms with Crippen LogP contribution in [0.4, 0.5) is 5.69 Å². The summed E-state index contributed by atoms with van der Waals surface area (Å²) in [5, 5.41) is 22.6. The maximum atomic E-state index is 10.6. The molecule has 2 heterocycles. The monoisotopic (exact) mass is 264 g/mol. The lowest BCUT2D eigenvalue weighted by Gasteiger charge is -2.22. The van der Waals surface area contributed by atoms with Gasteiger partial charge in [0, 0.05) is 12.1 Å². The zero-order valence-electron chi connectivity index (χ0n) is 10.3. The molecule has 0 saturated carbocycles. The van der Waals surface area contributed by atoms with Gasteiger partial charge in [-0.2, -0.15) is 0 Å². The lowest BCUT2D eigenvalue weighted by molar-refractivity contribution is -0.141. The molecule has 1 saturated heterocycles. The summed E-state index contributed by atoms with van der Waals surface area (Å²) in [6, 6.07) is 6.98. The molecule has 102 valence electrons. The van der Waals surface area contributed by atoms with Crippen LogP contribution in [0.5, 0.6) is 0 Å². The molecule has 0 spiro atoms. The van der Waals surface area contributed by atoms with Gasteiger partial charge >= 0.3 is 11.9 Å². The van der Waals surface area contributed by atoms with Crippen LogP contribution in [0.25, 0.3) is 0 Å². The topological polar surface area (TPSA) is 98.7 Å². The van der Waals surface area contributed by atoms with Crippen molar-refractivity contribution in [2.24, 2.45) is 0 Å². The minimum Gasteiger partial charge on any atom is -0.480 e. The normalized spacial score (nSPS) is 23.2. The number of nitrogens with one attached hydrogen (secondary N) is 2. The van der Waals surface area contributed by atoms with Gasteiger partial charge in [-0.05, 0) is 24.6 Å². The summed E-state index contributed by atoms with van der Waals surface area (Å²) in [5.41, 5.74) is 2.04. The Balaban J connectivity index is 0.000000163. The summed E-state index contributed by atoms with van der Waals surface area (Å²) in [7, 11) is 0. The van der Waals surface area contributed by atoms with Gasteiger partial charge in [-0.25, -0.2) is 4.79 Å². The van der Waals surface area contributed by atoms with Gasteiger partial charge < -0.3 is 20.8 Å². The zero-order chi connectivity index (χ0) is 13.8. The first kappa shape index (κ1) is 13.4. The van der Waals surface area contributed by atoms with Gasteiger partial charge in [0.05, 0.1) is 0 Å². The van der Waals surface area contributed by atoms with Crippen molar-refractivity contribution in [2.75, 3.05) is 11.9 Å². The highest BCUT2D eigenvalue weighted by molar-refractivity contribution is 5.81. The van der Waals surface area contributed by atoms with Crippen molar-refractivity contribution in [3.8, 4) is 0 Å². The molecule has 1 fully saturated rings. The van der Waals surface area contributed by atoms with Gasteiger partial charge in [0.1, 0.15) is 12.1 Å².